The lowest BCUT2D eigenvalue weighted by molar-refractivity contribution is -0.122. The summed E-state index contributed by atoms with van der Waals surface area (Å²) in [6.45, 7) is 1.94. The van der Waals surface area contributed by atoms with Gasteiger partial charge in [0.2, 0.25) is 5.91 Å². The van der Waals surface area contributed by atoms with Crippen molar-refractivity contribution in [3.63, 3.8) is 0 Å². The molecule has 0 fully saturated rings. The summed E-state index contributed by atoms with van der Waals surface area (Å²) in [5, 5.41) is 0. The van der Waals surface area contributed by atoms with E-state index < -0.39 is 5.91 Å². The van der Waals surface area contributed by atoms with Crippen molar-refractivity contribution in [2.24, 2.45) is 0 Å². The van der Waals surface area contributed by atoms with Crippen molar-refractivity contribution < 1.29 is 14.0 Å². The van der Waals surface area contributed by atoms with E-state index in [1.165, 1.54) is 41.4 Å². The average Bonchev–Trinajstić information content (AvgIpc) is 3.17. The van der Waals surface area contributed by atoms with Crippen LogP contribution in [0.5, 0.6) is 0 Å². The number of hydrazine groups is 1. The van der Waals surface area contributed by atoms with Gasteiger partial charge < -0.3 is 0 Å². The fourth-order valence-corrected chi connectivity index (χ4v) is 2.69. The number of imidazole rings is 1. The van der Waals surface area contributed by atoms with Gasteiger partial charge in [-0.25, -0.2) is 9.37 Å². The minimum atomic E-state index is -0.516. The highest BCUT2D eigenvalue weighted by Gasteiger charge is 2.15. The van der Waals surface area contributed by atoms with Crippen LogP contribution in [0.3, 0.4) is 0 Å². The molecule has 0 spiro atoms. The molecule has 0 aliphatic heterocycles. The number of nitrogens with zero attached hydrogens (tertiary/aromatic N) is 2. The Morgan fingerprint density at radius 2 is 1.78 bits per heavy atom. The van der Waals surface area contributed by atoms with Gasteiger partial charge in [0.1, 0.15) is 11.5 Å². The van der Waals surface area contributed by atoms with Gasteiger partial charge in [-0.1, -0.05) is 37.3 Å². The molecular formula is C20H19FN4O2. The maximum Gasteiger partial charge on any atom is 0.288 e. The van der Waals surface area contributed by atoms with Crippen molar-refractivity contribution in [1.29, 1.82) is 0 Å². The van der Waals surface area contributed by atoms with E-state index in [2.05, 4.69) is 15.8 Å². The minimum Gasteiger partial charge on any atom is -0.295 e. The third-order valence-corrected chi connectivity index (χ3v) is 4.15. The quantitative estimate of drug-likeness (QED) is 0.682. The van der Waals surface area contributed by atoms with Gasteiger partial charge >= 0.3 is 0 Å². The second-order valence-corrected chi connectivity index (χ2v) is 6.14. The molecule has 1 atom stereocenters. The van der Waals surface area contributed by atoms with E-state index >= 15 is 0 Å². The number of amides is 2. The topological polar surface area (TPSA) is 76.0 Å². The van der Waals surface area contributed by atoms with E-state index in [1.807, 2.05) is 37.3 Å². The molecular weight excluding hydrogens is 347 g/mol. The van der Waals surface area contributed by atoms with E-state index in [4.69, 9.17) is 0 Å². The van der Waals surface area contributed by atoms with Gasteiger partial charge in [-0.2, -0.15) is 0 Å². The number of carbonyl (C=O) groups is 2. The van der Waals surface area contributed by atoms with Gasteiger partial charge in [0.05, 0.1) is 12.5 Å². The average molecular weight is 366 g/mol. The smallest absolute Gasteiger partial charge is 0.288 e. The number of benzene rings is 2. The molecule has 138 valence electrons. The maximum atomic E-state index is 13.1. The SMILES string of the molecule is C[C@@H](CC(=O)NNC(=O)c1cncn1-c1ccc(F)cc1)c1ccccc1. The van der Waals surface area contributed by atoms with Gasteiger partial charge in [-0.15, -0.1) is 0 Å². The van der Waals surface area contributed by atoms with Crippen molar-refractivity contribution in [2.45, 2.75) is 19.3 Å². The molecule has 3 aromatic rings. The Morgan fingerprint density at radius 1 is 1.07 bits per heavy atom. The number of hydrogen-bond donors (Lipinski definition) is 2. The Balaban J connectivity index is 1.59. The van der Waals surface area contributed by atoms with E-state index in [0.717, 1.165) is 5.56 Å². The molecule has 0 bridgehead atoms. The summed E-state index contributed by atoms with van der Waals surface area (Å²) in [6.07, 6.45) is 3.06. The van der Waals surface area contributed by atoms with Crippen molar-refractivity contribution in [3.8, 4) is 5.69 Å². The van der Waals surface area contributed by atoms with Crippen LogP contribution in [0, 0.1) is 5.82 Å². The normalized spacial score (nSPS) is 11.6. The Labute approximate surface area is 156 Å². The third kappa shape index (κ3) is 4.58. The number of nitrogens with one attached hydrogen (secondary N) is 2. The third-order valence-electron chi connectivity index (χ3n) is 4.15. The number of carbonyl (C=O) groups excluding carboxylic acids is 2. The van der Waals surface area contributed by atoms with Crippen LogP contribution >= 0.6 is 0 Å². The molecule has 2 amide bonds. The number of aromatic nitrogens is 2. The first-order chi connectivity index (χ1) is 13.0. The van der Waals surface area contributed by atoms with Crippen LogP contribution in [0.2, 0.25) is 0 Å². The molecule has 7 heteroatoms. The first-order valence-electron chi connectivity index (χ1n) is 8.47. The number of halogens is 1. The molecule has 1 aromatic heterocycles. The predicted molar refractivity (Wildman–Crippen MR) is 98.6 cm³/mol. The van der Waals surface area contributed by atoms with Crippen LogP contribution in [0.25, 0.3) is 5.69 Å². The molecule has 0 saturated heterocycles. The summed E-state index contributed by atoms with van der Waals surface area (Å²) in [5.74, 6) is -1.16. The van der Waals surface area contributed by atoms with E-state index in [0.29, 0.717) is 5.69 Å². The van der Waals surface area contributed by atoms with Crippen LogP contribution in [-0.2, 0) is 4.79 Å². The largest absolute Gasteiger partial charge is 0.295 e. The van der Waals surface area contributed by atoms with E-state index in [9.17, 15) is 14.0 Å². The van der Waals surface area contributed by atoms with Crippen LogP contribution in [0.4, 0.5) is 4.39 Å². The van der Waals surface area contributed by atoms with Crippen LogP contribution in [0.1, 0.15) is 35.3 Å². The molecule has 0 unspecified atom stereocenters. The standard InChI is InChI=1S/C20H19FN4O2/c1-14(15-5-3-2-4-6-15)11-19(26)23-24-20(27)18-12-22-13-25(18)17-9-7-16(21)8-10-17/h2-10,12-14H,11H2,1H3,(H,23,26)(H,24,27)/t14-/m0/s1. The Morgan fingerprint density at radius 3 is 2.48 bits per heavy atom. The Bertz CT molecular complexity index is 923. The first-order valence-corrected chi connectivity index (χ1v) is 8.47. The summed E-state index contributed by atoms with van der Waals surface area (Å²) in [5.41, 5.74) is 6.67. The van der Waals surface area contributed by atoms with Crippen LogP contribution in [-0.4, -0.2) is 21.4 Å². The maximum absolute atomic E-state index is 13.1. The first kappa shape index (κ1) is 18.3. The summed E-state index contributed by atoms with van der Waals surface area (Å²) in [6, 6.07) is 15.3. The van der Waals surface area contributed by atoms with Crippen LogP contribution in [0.15, 0.2) is 67.1 Å². The van der Waals surface area contributed by atoms with Crippen molar-refractivity contribution in [3.05, 3.63) is 84.2 Å². The molecule has 6 nitrogen and oxygen atoms in total. The minimum absolute atomic E-state index is 0.0212. The highest BCUT2D eigenvalue weighted by atomic mass is 19.1. The van der Waals surface area contributed by atoms with E-state index in [-0.39, 0.29) is 29.8 Å². The van der Waals surface area contributed by atoms with Gasteiger partial charge in [-0.05, 0) is 35.7 Å². The van der Waals surface area contributed by atoms with Gasteiger partial charge in [-0.3, -0.25) is 25.0 Å². The van der Waals surface area contributed by atoms with Gasteiger partial charge in [0.25, 0.3) is 5.91 Å². The zero-order valence-corrected chi connectivity index (χ0v) is 14.7. The zero-order valence-electron chi connectivity index (χ0n) is 14.7. The fraction of sp³-hybridized carbons (Fsp3) is 0.150. The van der Waals surface area contributed by atoms with Crippen molar-refractivity contribution in [1.82, 2.24) is 20.4 Å². The highest BCUT2D eigenvalue weighted by molar-refractivity contribution is 5.94. The summed E-state index contributed by atoms with van der Waals surface area (Å²) >= 11 is 0. The lowest BCUT2D eigenvalue weighted by Crippen LogP contribution is -2.42. The monoisotopic (exact) mass is 366 g/mol. The van der Waals surface area contributed by atoms with E-state index in [1.54, 1.807) is 0 Å². The molecule has 27 heavy (non-hydrogen) atoms. The van der Waals surface area contributed by atoms with Gasteiger partial charge in [0.15, 0.2) is 0 Å². The lowest BCUT2D eigenvalue weighted by atomic mass is 9.98. The molecule has 0 aliphatic carbocycles. The molecule has 1 heterocycles. The molecule has 3 rings (SSSR count). The Kier molecular flexibility index (Phi) is 5.61. The van der Waals surface area contributed by atoms with Crippen molar-refractivity contribution >= 4 is 11.8 Å². The van der Waals surface area contributed by atoms with Crippen LogP contribution < -0.4 is 10.9 Å². The fourth-order valence-electron chi connectivity index (χ4n) is 2.69. The number of hydrogen-bond acceptors (Lipinski definition) is 3. The van der Waals surface area contributed by atoms with Gasteiger partial charge in [0, 0.05) is 12.1 Å². The van der Waals surface area contributed by atoms with Crippen molar-refractivity contribution in [2.75, 3.05) is 0 Å². The second kappa shape index (κ2) is 8.27. The Hall–Kier alpha value is -3.48. The molecule has 0 radical (unpaired) electrons. The summed E-state index contributed by atoms with van der Waals surface area (Å²) in [4.78, 5) is 28.4. The second-order valence-electron chi connectivity index (χ2n) is 6.14. The zero-order chi connectivity index (χ0) is 19.2. The lowest BCUT2D eigenvalue weighted by Gasteiger charge is -2.13. The molecule has 0 aliphatic rings. The molecule has 2 aromatic carbocycles. The predicted octanol–water partition coefficient (Wildman–Crippen LogP) is 2.97. The highest BCUT2D eigenvalue weighted by Crippen LogP contribution is 2.18. The summed E-state index contributed by atoms with van der Waals surface area (Å²) < 4.78 is 14.6. The molecule has 2 N–H and O–H groups in total. The summed E-state index contributed by atoms with van der Waals surface area (Å²) in [7, 11) is 0. The number of rotatable bonds is 5. The molecule has 0 saturated carbocycles.